The zero-order chi connectivity index (χ0) is 17.7. The fourth-order valence-electron chi connectivity index (χ4n) is 3.12. The molecular weight excluding hydrogens is 304 g/mol. The van der Waals surface area contributed by atoms with Crippen molar-refractivity contribution in [2.24, 2.45) is 11.7 Å². The second-order valence-corrected chi connectivity index (χ2v) is 7.50. The summed E-state index contributed by atoms with van der Waals surface area (Å²) in [5, 5.41) is 0. The molecule has 0 radical (unpaired) electrons. The largest absolute Gasteiger partial charge is 0.444 e. The zero-order valence-corrected chi connectivity index (χ0v) is 14.8. The van der Waals surface area contributed by atoms with E-state index in [1.807, 2.05) is 51.1 Å². The summed E-state index contributed by atoms with van der Waals surface area (Å²) in [6, 6.07) is 9.98. The molecular formula is C19H28N2O3. The number of primary amides is 1. The third-order valence-corrected chi connectivity index (χ3v) is 4.36. The lowest BCUT2D eigenvalue weighted by Crippen LogP contribution is -2.45. The number of nitrogens with zero attached hydrogens (tertiary/aromatic N) is 1. The van der Waals surface area contributed by atoms with Gasteiger partial charge in [-0.1, -0.05) is 30.3 Å². The molecule has 1 aliphatic rings. The molecule has 0 spiro atoms. The minimum atomic E-state index is -0.531. The molecule has 1 aromatic carbocycles. The SMILES string of the molecule is CC(C)(C)OC(=O)N(Cc1ccccc1)[C@H]1CC[C@@H](C(N)=O)CC1. The molecule has 5 heteroatoms. The van der Waals surface area contributed by atoms with Crippen LogP contribution in [0.15, 0.2) is 30.3 Å². The number of carbonyl (C=O) groups excluding carboxylic acids is 2. The van der Waals surface area contributed by atoms with Crippen molar-refractivity contribution in [3.05, 3.63) is 35.9 Å². The van der Waals surface area contributed by atoms with E-state index in [-0.39, 0.29) is 24.0 Å². The van der Waals surface area contributed by atoms with Crippen molar-refractivity contribution in [1.29, 1.82) is 0 Å². The Morgan fingerprint density at radius 2 is 1.71 bits per heavy atom. The van der Waals surface area contributed by atoms with E-state index < -0.39 is 5.60 Å². The van der Waals surface area contributed by atoms with Crippen LogP contribution in [0.5, 0.6) is 0 Å². The smallest absolute Gasteiger partial charge is 0.410 e. The van der Waals surface area contributed by atoms with Crippen LogP contribution in [0.2, 0.25) is 0 Å². The Labute approximate surface area is 144 Å². The predicted octanol–water partition coefficient (Wildman–Crippen LogP) is 3.47. The number of benzene rings is 1. The van der Waals surface area contributed by atoms with E-state index >= 15 is 0 Å². The van der Waals surface area contributed by atoms with Gasteiger partial charge >= 0.3 is 6.09 Å². The Bertz CT molecular complexity index is 558. The molecule has 0 bridgehead atoms. The Morgan fingerprint density at radius 3 is 2.21 bits per heavy atom. The van der Waals surface area contributed by atoms with Crippen molar-refractivity contribution < 1.29 is 14.3 Å². The summed E-state index contributed by atoms with van der Waals surface area (Å²) in [4.78, 5) is 25.9. The van der Waals surface area contributed by atoms with E-state index in [2.05, 4.69) is 0 Å². The lowest BCUT2D eigenvalue weighted by Gasteiger charge is -2.37. The average Bonchev–Trinajstić information content (AvgIpc) is 2.52. The number of rotatable bonds is 4. The van der Waals surface area contributed by atoms with Crippen LogP contribution >= 0.6 is 0 Å². The maximum absolute atomic E-state index is 12.7. The van der Waals surface area contributed by atoms with Crippen LogP contribution in [-0.4, -0.2) is 28.5 Å². The van der Waals surface area contributed by atoms with Gasteiger partial charge in [0.25, 0.3) is 0 Å². The summed E-state index contributed by atoms with van der Waals surface area (Å²) in [6.07, 6.45) is 2.72. The molecule has 0 aromatic heterocycles. The fraction of sp³-hybridized carbons (Fsp3) is 0.579. The van der Waals surface area contributed by atoms with Gasteiger partial charge in [0.15, 0.2) is 0 Å². The molecule has 2 N–H and O–H groups in total. The number of carbonyl (C=O) groups is 2. The van der Waals surface area contributed by atoms with Crippen LogP contribution in [0.4, 0.5) is 4.79 Å². The number of hydrogen-bond acceptors (Lipinski definition) is 3. The monoisotopic (exact) mass is 332 g/mol. The van der Waals surface area contributed by atoms with E-state index in [9.17, 15) is 9.59 Å². The second-order valence-electron chi connectivity index (χ2n) is 7.50. The number of nitrogens with two attached hydrogens (primary N) is 1. The third kappa shape index (κ3) is 5.25. The van der Waals surface area contributed by atoms with Crippen LogP contribution in [-0.2, 0) is 16.1 Å². The van der Waals surface area contributed by atoms with Crippen molar-refractivity contribution in [1.82, 2.24) is 4.90 Å². The molecule has 24 heavy (non-hydrogen) atoms. The molecule has 1 fully saturated rings. The van der Waals surface area contributed by atoms with E-state index in [1.54, 1.807) is 4.90 Å². The van der Waals surface area contributed by atoms with Crippen LogP contribution < -0.4 is 5.73 Å². The summed E-state index contributed by atoms with van der Waals surface area (Å²) in [5.41, 5.74) is 5.95. The van der Waals surface area contributed by atoms with Gasteiger partial charge in [-0.25, -0.2) is 4.79 Å². The summed E-state index contributed by atoms with van der Waals surface area (Å²) < 4.78 is 5.59. The van der Waals surface area contributed by atoms with E-state index in [4.69, 9.17) is 10.5 Å². The van der Waals surface area contributed by atoms with Crippen molar-refractivity contribution in [3.8, 4) is 0 Å². The summed E-state index contributed by atoms with van der Waals surface area (Å²) in [6.45, 7) is 6.13. The number of ether oxygens (including phenoxy) is 1. The van der Waals surface area contributed by atoms with Crippen LogP contribution in [0, 0.1) is 5.92 Å². The maximum Gasteiger partial charge on any atom is 0.410 e. The minimum Gasteiger partial charge on any atom is -0.444 e. The first-order chi connectivity index (χ1) is 11.3. The highest BCUT2D eigenvalue weighted by Gasteiger charge is 2.33. The summed E-state index contributed by atoms with van der Waals surface area (Å²) in [5.74, 6) is -0.307. The van der Waals surface area contributed by atoms with Gasteiger partial charge in [-0.15, -0.1) is 0 Å². The Balaban J connectivity index is 2.11. The third-order valence-electron chi connectivity index (χ3n) is 4.36. The summed E-state index contributed by atoms with van der Waals surface area (Å²) >= 11 is 0. The van der Waals surface area contributed by atoms with Gasteiger partial charge in [-0.3, -0.25) is 4.79 Å². The van der Waals surface area contributed by atoms with Crippen LogP contribution in [0.25, 0.3) is 0 Å². The lowest BCUT2D eigenvalue weighted by molar-refractivity contribution is -0.123. The first-order valence-electron chi connectivity index (χ1n) is 8.59. The topological polar surface area (TPSA) is 72.6 Å². The van der Waals surface area contributed by atoms with Crippen molar-refractivity contribution in [2.45, 2.75) is 64.6 Å². The molecule has 132 valence electrons. The molecule has 1 saturated carbocycles. The first kappa shape index (κ1) is 18.3. The lowest BCUT2D eigenvalue weighted by atomic mass is 9.85. The standard InChI is InChI=1S/C19H28N2O3/c1-19(2,3)24-18(23)21(13-14-7-5-4-6-8-14)16-11-9-15(10-12-16)17(20)22/h4-8,15-16H,9-13H2,1-3H3,(H2,20,22)/t15-,16+. The summed E-state index contributed by atoms with van der Waals surface area (Å²) in [7, 11) is 0. The van der Waals surface area contributed by atoms with Gasteiger partial charge in [0.1, 0.15) is 5.60 Å². The highest BCUT2D eigenvalue weighted by Crippen LogP contribution is 2.29. The highest BCUT2D eigenvalue weighted by molar-refractivity contribution is 5.76. The fourth-order valence-corrected chi connectivity index (χ4v) is 3.12. The van der Waals surface area contributed by atoms with Crippen LogP contribution in [0.3, 0.4) is 0 Å². The van der Waals surface area contributed by atoms with Gasteiger partial charge in [0.2, 0.25) is 5.91 Å². The maximum atomic E-state index is 12.7. The van der Waals surface area contributed by atoms with Crippen LogP contribution in [0.1, 0.15) is 52.0 Å². The minimum absolute atomic E-state index is 0.0709. The van der Waals surface area contributed by atoms with Gasteiger partial charge in [-0.2, -0.15) is 0 Å². The van der Waals surface area contributed by atoms with E-state index in [1.165, 1.54) is 0 Å². The van der Waals surface area contributed by atoms with Crippen molar-refractivity contribution in [2.75, 3.05) is 0 Å². The van der Waals surface area contributed by atoms with Gasteiger partial charge in [0, 0.05) is 18.5 Å². The molecule has 0 unspecified atom stereocenters. The number of amides is 2. The zero-order valence-electron chi connectivity index (χ0n) is 14.8. The molecule has 1 aromatic rings. The second kappa shape index (κ2) is 7.69. The molecule has 2 amide bonds. The predicted molar refractivity (Wildman–Crippen MR) is 93.2 cm³/mol. The highest BCUT2D eigenvalue weighted by atomic mass is 16.6. The molecule has 0 heterocycles. The number of hydrogen-bond donors (Lipinski definition) is 1. The molecule has 1 aliphatic carbocycles. The van der Waals surface area contributed by atoms with E-state index in [0.717, 1.165) is 31.2 Å². The van der Waals surface area contributed by atoms with Gasteiger partial charge < -0.3 is 15.4 Å². The molecule has 5 nitrogen and oxygen atoms in total. The Kier molecular flexibility index (Phi) is 5.86. The average molecular weight is 332 g/mol. The van der Waals surface area contributed by atoms with Crippen molar-refractivity contribution >= 4 is 12.0 Å². The molecule has 0 saturated heterocycles. The first-order valence-corrected chi connectivity index (χ1v) is 8.59. The molecule has 0 aliphatic heterocycles. The molecule has 2 rings (SSSR count). The quantitative estimate of drug-likeness (QED) is 0.917. The van der Waals surface area contributed by atoms with E-state index in [0.29, 0.717) is 6.54 Å². The van der Waals surface area contributed by atoms with Gasteiger partial charge in [0.05, 0.1) is 0 Å². The Hall–Kier alpha value is -2.04. The van der Waals surface area contributed by atoms with Crippen molar-refractivity contribution in [3.63, 3.8) is 0 Å². The Morgan fingerprint density at radius 1 is 1.12 bits per heavy atom. The normalized spacial score (nSPS) is 21.1. The van der Waals surface area contributed by atoms with Gasteiger partial charge in [-0.05, 0) is 52.0 Å². The molecule has 0 atom stereocenters.